The van der Waals surface area contributed by atoms with Gasteiger partial charge in [-0.25, -0.2) is 18.0 Å². The van der Waals surface area contributed by atoms with Gasteiger partial charge < -0.3 is 5.11 Å². The van der Waals surface area contributed by atoms with Gasteiger partial charge in [-0.05, 0) is 0 Å². The molecule has 7 heteroatoms. The molecule has 0 radical (unpaired) electrons. The molecule has 11 heavy (non-hydrogen) atoms. The maximum atomic E-state index is 11.7. The van der Waals surface area contributed by atoms with Gasteiger partial charge in [-0.1, -0.05) is 0 Å². The van der Waals surface area contributed by atoms with Crippen LogP contribution < -0.4 is 0 Å². The number of rotatable bonds is 3. The minimum absolute atomic E-state index is 2.90. The summed E-state index contributed by atoms with van der Waals surface area (Å²) in [5, 5.41) is 7.54. The first-order valence-corrected chi connectivity index (χ1v) is 2.33. The molecule has 0 heterocycles. The summed E-state index contributed by atoms with van der Waals surface area (Å²) in [6.45, 7) is 0. The first-order chi connectivity index (χ1) is 4.80. The molecular weight excluding hydrogens is 175 g/mol. The quantitative estimate of drug-likeness (QED) is 0.661. The fraction of sp³-hybridized carbons (Fsp3) is 0.750. The number of carboxylic acids is 1. The van der Waals surface area contributed by atoms with Crippen molar-refractivity contribution < 1.29 is 31.9 Å². The minimum Gasteiger partial charge on any atom is -0.477 e. The zero-order valence-electron chi connectivity index (χ0n) is 4.90. The third kappa shape index (κ3) is 2.02. The second-order valence-electron chi connectivity index (χ2n) is 1.66. The highest BCUT2D eigenvalue weighted by Gasteiger charge is 2.53. The van der Waals surface area contributed by atoms with E-state index in [0.717, 1.165) is 0 Å². The van der Waals surface area contributed by atoms with Gasteiger partial charge in [-0.3, -0.25) is 0 Å². The van der Waals surface area contributed by atoms with Gasteiger partial charge in [0, 0.05) is 0 Å². The van der Waals surface area contributed by atoms with Crippen molar-refractivity contribution in [3.63, 3.8) is 0 Å². The molecule has 0 saturated heterocycles. The van der Waals surface area contributed by atoms with Gasteiger partial charge in [0.1, 0.15) is 0 Å². The SMILES string of the molecule is O=C(O)C(F)(F)C(F)C(F)F. The molecule has 0 saturated carbocycles. The monoisotopic (exact) mass is 178 g/mol. The zero-order chi connectivity index (χ0) is 9.23. The number of aliphatic carboxylic acids is 1. The van der Waals surface area contributed by atoms with Crippen LogP contribution in [0.5, 0.6) is 0 Å². The Labute approximate surface area is 57.6 Å². The molecule has 0 spiro atoms. The minimum atomic E-state index is -5.02. The lowest BCUT2D eigenvalue weighted by atomic mass is 10.2. The molecule has 1 unspecified atom stereocenters. The lowest BCUT2D eigenvalue weighted by molar-refractivity contribution is -0.185. The molecule has 0 aromatic heterocycles. The number of carbonyl (C=O) groups is 1. The van der Waals surface area contributed by atoms with E-state index in [-0.39, 0.29) is 0 Å². The van der Waals surface area contributed by atoms with E-state index in [9.17, 15) is 26.7 Å². The van der Waals surface area contributed by atoms with E-state index in [1.54, 1.807) is 0 Å². The average molecular weight is 178 g/mol. The van der Waals surface area contributed by atoms with E-state index in [1.807, 2.05) is 0 Å². The third-order valence-corrected chi connectivity index (χ3v) is 0.853. The number of alkyl halides is 5. The molecule has 2 nitrogen and oxygen atoms in total. The van der Waals surface area contributed by atoms with Gasteiger partial charge in [0.2, 0.25) is 6.17 Å². The molecule has 0 rings (SSSR count). The highest BCUT2D eigenvalue weighted by atomic mass is 19.3. The van der Waals surface area contributed by atoms with E-state index < -0.39 is 24.5 Å². The summed E-state index contributed by atoms with van der Waals surface area (Å²) < 4.78 is 57.5. The second-order valence-corrected chi connectivity index (χ2v) is 1.66. The van der Waals surface area contributed by atoms with Crippen molar-refractivity contribution in [3.05, 3.63) is 0 Å². The number of hydrogen-bond acceptors (Lipinski definition) is 1. The van der Waals surface area contributed by atoms with Gasteiger partial charge in [-0.2, -0.15) is 8.78 Å². The molecule has 66 valence electrons. The number of halogens is 5. The number of hydrogen-bond donors (Lipinski definition) is 1. The van der Waals surface area contributed by atoms with Crippen LogP contribution in [0.3, 0.4) is 0 Å². The summed E-state index contributed by atoms with van der Waals surface area (Å²) in [4.78, 5) is 9.44. The Hall–Kier alpha value is -0.880. The van der Waals surface area contributed by atoms with Crippen molar-refractivity contribution in [2.45, 2.75) is 18.5 Å². The largest absolute Gasteiger partial charge is 0.477 e. The molecule has 0 aliphatic heterocycles. The maximum Gasteiger partial charge on any atom is 0.378 e. The highest BCUT2D eigenvalue weighted by Crippen LogP contribution is 2.26. The average Bonchev–Trinajstić information content (AvgIpc) is 1.85. The Balaban J connectivity index is 4.42. The Morgan fingerprint density at radius 2 is 1.64 bits per heavy atom. The molecule has 1 atom stereocenters. The molecule has 1 N–H and O–H groups in total. The third-order valence-electron chi connectivity index (χ3n) is 0.853. The Bertz CT molecular complexity index is 157. The van der Waals surface area contributed by atoms with Crippen LogP contribution in [0, 0.1) is 0 Å². The van der Waals surface area contributed by atoms with Crippen molar-refractivity contribution in [1.82, 2.24) is 0 Å². The molecular formula is C4H3F5O2. The van der Waals surface area contributed by atoms with E-state index in [2.05, 4.69) is 0 Å². The van der Waals surface area contributed by atoms with Crippen LogP contribution in [0.1, 0.15) is 0 Å². The standard InChI is InChI=1S/C4H3F5O2/c5-1(2(6)7)4(8,9)3(10)11/h1-2H,(H,10,11). The fourth-order valence-electron chi connectivity index (χ4n) is 0.276. The van der Waals surface area contributed by atoms with Crippen LogP contribution in [0.2, 0.25) is 0 Å². The summed E-state index contributed by atoms with van der Waals surface area (Å²) in [5.41, 5.74) is 0. The van der Waals surface area contributed by atoms with Crippen LogP contribution in [-0.4, -0.2) is 29.6 Å². The van der Waals surface area contributed by atoms with Crippen molar-refractivity contribution >= 4 is 5.97 Å². The van der Waals surface area contributed by atoms with Crippen molar-refractivity contribution in [2.75, 3.05) is 0 Å². The van der Waals surface area contributed by atoms with Crippen molar-refractivity contribution in [3.8, 4) is 0 Å². The molecule has 0 fully saturated rings. The fourth-order valence-corrected chi connectivity index (χ4v) is 0.276. The second kappa shape index (κ2) is 3.02. The Morgan fingerprint density at radius 3 is 1.73 bits per heavy atom. The summed E-state index contributed by atoms with van der Waals surface area (Å²) in [5.74, 6) is -7.92. The van der Waals surface area contributed by atoms with E-state index in [1.165, 1.54) is 0 Å². The van der Waals surface area contributed by atoms with Crippen LogP contribution in [0.25, 0.3) is 0 Å². The molecule has 0 amide bonds. The van der Waals surface area contributed by atoms with Gasteiger partial charge >= 0.3 is 11.9 Å². The predicted molar refractivity (Wildman–Crippen MR) is 23.5 cm³/mol. The summed E-state index contributed by atoms with van der Waals surface area (Å²) in [7, 11) is 0. The first-order valence-electron chi connectivity index (χ1n) is 2.33. The zero-order valence-corrected chi connectivity index (χ0v) is 4.90. The van der Waals surface area contributed by atoms with Crippen molar-refractivity contribution in [2.24, 2.45) is 0 Å². The first kappa shape index (κ1) is 10.1. The Kier molecular flexibility index (Phi) is 2.77. The van der Waals surface area contributed by atoms with Crippen LogP contribution >= 0.6 is 0 Å². The smallest absolute Gasteiger partial charge is 0.378 e. The Morgan fingerprint density at radius 1 is 1.27 bits per heavy atom. The lowest BCUT2D eigenvalue weighted by Gasteiger charge is -2.14. The van der Waals surface area contributed by atoms with E-state index in [0.29, 0.717) is 0 Å². The molecule has 0 aromatic carbocycles. The molecule has 0 aromatic rings. The summed E-state index contributed by atoms with van der Waals surface area (Å²) >= 11 is 0. The van der Waals surface area contributed by atoms with E-state index in [4.69, 9.17) is 5.11 Å². The van der Waals surface area contributed by atoms with Crippen molar-refractivity contribution in [1.29, 1.82) is 0 Å². The highest BCUT2D eigenvalue weighted by molar-refractivity contribution is 5.76. The van der Waals surface area contributed by atoms with Crippen LogP contribution in [0.15, 0.2) is 0 Å². The summed E-state index contributed by atoms with van der Waals surface area (Å²) in [6.07, 6.45) is -7.96. The predicted octanol–water partition coefficient (Wildman–Crippen LogP) is 1.31. The molecule has 0 bridgehead atoms. The van der Waals surface area contributed by atoms with Gasteiger partial charge in [0.05, 0.1) is 0 Å². The van der Waals surface area contributed by atoms with Gasteiger partial charge in [-0.15, -0.1) is 0 Å². The normalized spacial score (nSPS) is 15.1. The van der Waals surface area contributed by atoms with Crippen LogP contribution in [0.4, 0.5) is 22.0 Å². The van der Waals surface area contributed by atoms with Crippen LogP contribution in [-0.2, 0) is 4.79 Å². The lowest BCUT2D eigenvalue weighted by Crippen LogP contribution is -2.42. The van der Waals surface area contributed by atoms with Gasteiger partial charge in [0.25, 0.3) is 6.43 Å². The van der Waals surface area contributed by atoms with Gasteiger partial charge in [0.15, 0.2) is 0 Å². The molecule has 0 aliphatic rings. The van der Waals surface area contributed by atoms with E-state index >= 15 is 0 Å². The summed E-state index contributed by atoms with van der Waals surface area (Å²) in [6, 6.07) is 0. The number of carboxylic acid groups (broad SMARTS) is 1. The maximum absolute atomic E-state index is 11.7. The molecule has 0 aliphatic carbocycles. The topological polar surface area (TPSA) is 37.3 Å².